The Morgan fingerprint density at radius 3 is 2.76 bits per heavy atom. The molecule has 0 bridgehead atoms. The quantitative estimate of drug-likeness (QED) is 0.729. The highest BCUT2D eigenvalue weighted by Gasteiger charge is 2.24. The van der Waals surface area contributed by atoms with Crippen LogP contribution < -0.4 is 19.7 Å². The molecule has 0 aliphatic heterocycles. The first-order valence-electron chi connectivity index (χ1n) is 7.52. The number of hydrogen-bond acceptors (Lipinski definition) is 3. The lowest BCUT2D eigenvalue weighted by atomic mass is 10.2. The molecule has 0 heterocycles. The molecule has 116 valence electrons. The molecule has 1 fully saturated rings. The fourth-order valence-corrected chi connectivity index (χ4v) is 2.29. The van der Waals surface area contributed by atoms with Crippen LogP contribution in [-0.2, 0) is 11.3 Å². The van der Waals surface area contributed by atoms with Crippen molar-refractivity contribution in [2.75, 3.05) is 27.3 Å². The second-order valence-electron chi connectivity index (χ2n) is 5.57. The molecule has 1 aliphatic rings. The molecule has 1 aliphatic carbocycles. The van der Waals surface area contributed by atoms with E-state index in [0.717, 1.165) is 41.3 Å². The van der Waals surface area contributed by atoms with E-state index >= 15 is 0 Å². The molecule has 5 heteroatoms. The Morgan fingerprint density at radius 1 is 1.38 bits per heavy atom. The van der Waals surface area contributed by atoms with E-state index in [4.69, 9.17) is 9.47 Å². The first-order chi connectivity index (χ1) is 10.1. The molecule has 0 aromatic heterocycles. The summed E-state index contributed by atoms with van der Waals surface area (Å²) in [5.74, 6) is 1.63. The van der Waals surface area contributed by atoms with Gasteiger partial charge in [-0.1, -0.05) is 0 Å². The Hall–Kier alpha value is -1.75. The number of benzene rings is 1. The average molecular weight is 293 g/mol. The standard InChI is InChI=1S/C16H24N2O3/c1-4-21-14-8-5-12(9-15(14)20-3)10-18(2)11-16(19)17-13-6-7-13/h5,8-9,13H,4,6-7,10-11H2,1-3H3,(H,17,19)/p+1. The van der Waals surface area contributed by atoms with Crippen molar-refractivity contribution in [2.24, 2.45) is 0 Å². The Morgan fingerprint density at radius 2 is 2.14 bits per heavy atom. The molecular weight excluding hydrogens is 268 g/mol. The first-order valence-corrected chi connectivity index (χ1v) is 7.52. The highest BCUT2D eigenvalue weighted by Crippen LogP contribution is 2.27. The lowest BCUT2D eigenvalue weighted by Crippen LogP contribution is -3.08. The summed E-state index contributed by atoms with van der Waals surface area (Å²) in [7, 11) is 3.66. The third-order valence-electron chi connectivity index (χ3n) is 3.44. The normalized spacial score (nSPS) is 15.4. The zero-order chi connectivity index (χ0) is 15.2. The summed E-state index contributed by atoms with van der Waals surface area (Å²) in [6.45, 7) is 3.83. The van der Waals surface area contributed by atoms with Gasteiger partial charge in [-0.15, -0.1) is 0 Å². The summed E-state index contributed by atoms with van der Waals surface area (Å²) in [5.41, 5.74) is 1.13. The van der Waals surface area contributed by atoms with Crippen LogP contribution in [0.2, 0.25) is 0 Å². The second-order valence-corrected chi connectivity index (χ2v) is 5.57. The number of carbonyl (C=O) groups is 1. The molecule has 0 saturated heterocycles. The van der Waals surface area contributed by atoms with Gasteiger partial charge in [0.25, 0.3) is 5.91 Å². The van der Waals surface area contributed by atoms with E-state index in [9.17, 15) is 4.79 Å². The maximum Gasteiger partial charge on any atom is 0.275 e. The molecule has 1 saturated carbocycles. The molecule has 2 rings (SSSR count). The summed E-state index contributed by atoms with van der Waals surface area (Å²) >= 11 is 0. The van der Waals surface area contributed by atoms with Crippen molar-refractivity contribution >= 4 is 5.91 Å². The minimum Gasteiger partial charge on any atom is -0.493 e. The molecule has 0 spiro atoms. The zero-order valence-corrected chi connectivity index (χ0v) is 13.1. The van der Waals surface area contributed by atoms with E-state index in [1.807, 2.05) is 32.2 Å². The predicted octanol–water partition coefficient (Wildman–Crippen LogP) is 0.387. The summed E-state index contributed by atoms with van der Waals surface area (Å²) in [6, 6.07) is 6.36. The van der Waals surface area contributed by atoms with Crippen LogP contribution >= 0.6 is 0 Å². The number of likely N-dealkylation sites (N-methyl/N-ethyl adjacent to an activating group) is 1. The molecule has 1 aromatic rings. The van der Waals surface area contributed by atoms with Gasteiger partial charge < -0.3 is 19.7 Å². The van der Waals surface area contributed by atoms with Crippen LogP contribution in [0.1, 0.15) is 25.3 Å². The largest absolute Gasteiger partial charge is 0.493 e. The topological polar surface area (TPSA) is 52.0 Å². The van der Waals surface area contributed by atoms with Crippen molar-refractivity contribution in [3.05, 3.63) is 23.8 Å². The number of nitrogens with one attached hydrogen (secondary N) is 2. The van der Waals surface area contributed by atoms with Crippen molar-refractivity contribution in [3.63, 3.8) is 0 Å². The molecule has 0 radical (unpaired) electrons. The van der Waals surface area contributed by atoms with Crippen LogP contribution in [0.15, 0.2) is 18.2 Å². The molecule has 1 amide bonds. The third kappa shape index (κ3) is 4.93. The van der Waals surface area contributed by atoms with E-state index in [1.165, 1.54) is 0 Å². The van der Waals surface area contributed by atoms with Gasteiger partial charge in [0.1, 0.15) is 6.54 Å². The number of quaternary nitrogens is 1. The van der Waals surface area contributed by atoms with E-state index in [1.54, 1.807) is 7.11 Å². The Kier molecular flexibility index (Phi) is 5.44. The molecule has 21 heavy (non-hydrogen) atoms. The van der Waals surface area contributed by atoms with Crippen molar-refractivity contribution in [2.45, 2.75) is 32.4 Å². The fourth-order valence-electron chi connectivity index (χ4n) is 2.29. The van der Waals surface area contributed by atoms with Gasteiger partial charge in [0, 0.05) is 11.6 Å². The van der Waals surface area contributed by atoms with Crippen LogP contribution in [0.25, 0.3) is 0 Å². The highest BCUT2D eigenvalue weighted by molar-refractivity contribution is 5.77. The maximum absolute atomic E-state index is 11.8. The highest BCUT2D eigenvalue weighted by atomic mass is 16.5. The van der Waals surface area contributed by atoms with Crippen molar-refractivity contribution in [1.29, 1.82) is 0 Å². The number of rotatable bonds is 8. The number of amides is 1. The first kappa shape index (κ1) is 15.6. The van der Waals surface area contributed by atoms with E-state index in [0.29, 0.717) is 19.2 Å². The van der Waals surface area contributed by atoms with Gasteiger partial charge in [0.15, 0.2) is 18.0 Å². The second kappa shape index (κ2) is 7.31. The molecular formula is C16H25N2O3+. The smallest absolute Gasteiger partial charge is 0.275 e. The zero-order valence-electron chi connectivity index (χ0n) is 13.1. The van der Waals surface area contributed by atoms with Crippen molar-refractivity contribution in [3.8, 4) is 11.5 Å². The van der Waals surface area contributed by atoms with Gasteiger partial charge in [0.05, 0.1) is 20.8 Å². The number of methoxy groups -OCH3 is 1. The van der Waals surface area contributed by atoms with Gasteiger partial charge in [0.2, 0.25) is 0 Å². The van der Waals surface area contributed by atoms with Crippen molar-refractivity contribution in [1.82, 2.24) is 5.32 Å². The lowest BCUT2D eigenvalue weighted by molar-refractivity contribution is -0.885. The van der Waals surface area contributed by atoms with Crippen LogP contribution in [0, 0.1) is 0 Å². The van der Waals surface area contributed by atoms with Crippen LogP contribution in [0.5, 0.6) is 11.5 Å². The van der Waals surface area contributed by atoms with Crippen molar-refractivity contribution < 1.29 is 19.2 Å². The molecule has 2 N–H and O–H groups in total. The summed E-state index contributed by atoms with van der Waals surface area (Å²) in [4.78, 5) is 12.9. The average Bonchev–Trinajstić information content (AvgIpc) is 3.24. The maximum atomic E-state index is 11.8. The monoisotopic (exact) mass is 293 g/mol. The van der Waals surface area contributed by atoms with Crippen LogP contribution in [0.4, 0.5) is 0 Å². The summed E-state index contributed by atoms with van der Waals surface area (Å²) < 4.78 is 10.9. The van der Waals surface area contributed by atoms with Gasteiger partial charge in [-0.3, -0.25) is 4.79 Å². The minimum atomic E-state index is 0.132. The third-order valence-corrected chi connectivity index (χ3v) is 3.44. The van der Waals surface area contributed by atoms with Gasteiger partial charge in [-0.05, 0) is 38.0 Å². The summed E-state index contributed by atoms with van der Waals surface area (Å²) in [5, 5.41) is 3.01. The Bertz CT molecular complexity index is 486. The van der Waals surface area contributed by atoms with E-state index < -0.39 is 0 Å². The van der Waals surface area contributed by atoms with E-state index in [2.05, 4.69) is 5.32 Å². The fraction of sp³-hybridized carbons (Fsp3) is 0.562. The molecule has 1 unspecified atom stereocenters. The molecule has 1 atom stereocenters. The predicted molar refractivity (Wildman–Crippen MR) is 80.8 cm³/mol. The Balaban J connectivity index is 1.89. The number of hydrogen-bond donors (Lipinski definition) is 2. The van der Waals surface area contributed by atoms with E-state index in [-0.39, 0.29) is 5.91 Å². The van der Waals surface area contributed by atoms with Crippen LogP contribution in [-0.4, -0.2) is 39.3 Å². The number of ether oxygens (including phenoxy) is 2. The van der Waals surface area contributed by atoms with Gasteiger partial charge >= 0.3 is 0 Å². The molecule has 5 nitrogen and oxygen atoms in total. The number of carbonyl (C=O) groups excluding carboxylic acids is 1. The lowest BCUT2D eigenvalue weighted by Gasteiger charge is -2.15. The van der Waals surface area contributed by atoms with Gasteiger partial charge in [-0.2, -0.15) is 0 Å². The van der Waals surface area contributed by atoms with Gasteiger partial charge in [-0.25, -0.2) is 0 Å². The minimum absolute atomic E-state index is 0.132. The molecule has 1 aromatic carbocycles. The summed E-state index contributed by atoms with van der Waals surface area (Å²) in [6.07, 6.45) is 2.25. The SMILES string of the molecule is CCOc1ccc(C[NH+](C)CC(=O)NC2CC2)cc1OC. The van der Waals surface area contributed by atoms with Crippen LogP contribution in [0.3, 0.4) is 0 Å². The Labute approximate surface area is 126 Å².